The average Bonchev–Trinajstić information content (AvgIpc) is 3.13. The summed E-state index contributed by atoms with van der Waals surface area (Å²) in [5.74, 6) is 0.549. The minimum Gasteiger partial charge on any atom is -0.356 e. The Labute approximate surface area is 153 Å². The topological polar surface area (TPSA) is 48.1 Å². The zero-order valence-electron chi connectivity index (χ0n) is 15.2. The van der Waals surface area contributed by atoms with E-state index in [1.807, 2.05) is 23.1 Å². The second-order valence-electron chi connectivity index (χ2n) is 7.78. The van der Waals surface area contributed by atoms with Gasteiger partial charge in [0, 0.05) is 35.2 Å². The van der Waals surface area contributed by atoms with Crippen molar-refractivity contribution in [3.63, 3.8) is 0 Å². The second kappa shape index (κ2) is 5.45. The van der Waals surface area contributed by atoms with Crippen LogP contribution in [0, 0.1) is 5.92 Å². The van der Waals surface area contributed by atoms with E-state index in [-0.39, 0.29) is 5.91 Å². The number of nitrogens with one attached hydrogen (secondary N) is 2. The van der Waals surface area contributed by atoms with Gasteiger partial charge >= 0.3 is 0 Å². The van der Waals surface area contributed by atoms with Crippen molar-refractivity contribution < 1.29 is 4.79 Å². The normalized spacial score (nSPS) is 21.7. The molecule has 132 valence electrons. The number of amides is 1. The van der Waals surface area contributed by atoms with Crippen molar-refractivity contribution in [2.24, 2.45) is 5.92 Å². The summed E-state index contributed by atoms with van der Waals surface area (Å²) in [4.78, 5) is 19.3. The standard InChI is InChI=1S/C22H23N3O/c1-14(2)13-25-19-10-6-4-8-17(19)22(21(25)26)20-16(11-12-23-22)15-7-3-5-9-18(15)24-20/h3-10,14,23-24H,11-13H2,1-2H3. The molecule has 2 N–H and O–H groups in total. The van der Waals surface area contributed by atoms with Crippen LogP contribution in [0.25, 0.3) is 10.9 Å². The molecule has 0 bridgehead atoms. The number of hydrogen-bond acceptors (Lipinski definition) is 2. The smallest absolute Gasteiger partial charge is 0.258 e. The van der Waals surface area contributed by atoms with E-state index in [9.17, 15) is 4.79 Å². The fourth-order valence-corrected chi connectivity index (χ4v) is 4.66. The SMILES string of the molecule is CC(C)CN1C(=O)C2(NCCc3c2[nH]c2ccccc32)c2ccccc21. The first kappa shape index (κ1) is 15.6. The minimum absolute atomic E-state index is 0.139. The first-order valence-electron chi connectivity index (χ1n) is 9.39. The molecule has 1 aromatic heterocycles. The lowest BCUT2D eigenvalue weighted by atomic mass is 9.82. The average molecular weight is 345 g/mol. The number of H-pyrrole nitrogens is 1. The number of carbonyl (C=O) groups is 1. The number of carbonyl (C=O) groups excluding carboxylic acids is 1. The molecule has 1 amide bonds. The van der Waals surface area contributed by atoms with Gasteiger partial charge in [-0.25, -0.2) is 0 Å². The van der Waals surface area contributed by atoms with Crippen LogP contribution >= 0.6 is 0 Å². The molecule has 4 nitrogen and oxygen atoms in total. The Morgan fingerprint density at radius 2 is 1.88 bits per heavy atom. The highest BCUT2D eigenvalue weighted by atomic mass is 16.2. The molecule has 0 aliphatic carbocycles. The summed E-state index contributed by atoms with van der Waals surface area (Å²) in [6.07, 6.45) is 0.931. The summed E-state index contributed by atoms with van der Waals surface area (Å²) >= 11 is 0. The summed E-state index contributed by atoms with van der Waals surface area (Å²) < 4.78 is 0. The van der Waals surface area contributed by atoms with Gasteiger partial charge in [0.25, 0.3) is 5.91 Å². The summed E-state index contributed by atoms with van der Waals surface area (Å²) in [7, 11) is 0. The van der Waals surface area contributed by atoms with E-state index >= 15 is 0 Å². The minimum atomic E-state index is -0.794. The molecule has 2 aromatic carbocycles. The van der Waals surface area contributed by atoms with E-state index < -0.39 is 5.54 Å². The predicted molar refractivity (Wildman–Crippen MR) is 104 cm³/mol. The molecule has 0 fully saturated rings. The molecule has 2 aliphatic heterocycles. The summed E-state index contributed by atoms with van der Waals surface area (Å²) in [6, 6.07) is 16.6. The Balaban J connectivity index is 1.79. The molecule has 1 spiro atoms. The maximum atomic E-state index is 13.8. The van der Waals surface area contributed by atoms with E-state index in [1.165, 1.54) is 10.9 Å². The number of rotatable bonds is 2. The molecule has 5 rings (SSSR count). The molecule has 1 unspecified atom stereocenters. The number of para-hydroxylation sites is 2. The molecule has 1 atom stereocenters. The van der Waals surface area contributed by atoms with Gasteiger partial charge in [-0.3, -0.25) is 10.1 Å². The highest BCUT2D eigenvalue weighted by Gasteiger charge is 2.55. The van der Waals surface area contributed by atoms with E-state index in [1.54, 1.807) is 0 Å². The summed E-state index contributed by atoms with van der Waals surface area (Å²) in [5.41, 5.74) is 4.71. The van der Waals surface area contributed by atoms with Gasteiger partial charge in [-0.15, -0.1) is 0 Å². The van der Waals surface area contributed by atoms with Gasteiger partial charge in [0.2, 0.25) is 0 Å². The van der Waals surface area contributed by atoms with Crippen molar-refractivity contribution in [1.82, 2.24) is 10.3 Å². The lowest BCUT2D eigenvalue weighted by Gasteiger charge is -2.34. The third-order valence-corrected chi connectivity index (χ3v) is 5.67. The number of hydrogen-bond donors (Lipinski definition) is 2. The van der Waals surface area contributed by atoms with Gasteiger partial charge in [0.05, 0.1) is 5.69 Å². The van der Waals surface area contributed by atoms with Gasteiger partial charge in [-0.1, -0.05) is 50.2 Å². The molecule has 26 heavy (non-hydrogen) atoms. The molecule has 3 aromatic rings. The van der Waals surface area contributed by atoms with Crippen LogP contribution < -0.4 is 10.2 Å². The predicted octanol–water partition coefficient (Wildman–Crippen LogP) is 3.56. The fraction of sp³-hybridized carbons (Fsp3) is 0.318. The largest absolute Gasteiger partial charge is 0.356 e. The monoisotopic (exact) mass is 345 g/mol. The van der Waals surface area contributed by atoms with Crippen molar-refractivity contribution in [2.75, 3.05) is 18.0 Å². The zero-order chi connectivity index (χ0) is 17.9. The maximum Gasteiger partial charge on any atom is 0.258 e. The van der Waals surface area contributed by atoms with Crippen LogP contribution in [-0.4, -0.2) is 24.0 Å². The first-order chi connectivity index (χ1) is 12.6. The highest BCUT2D eigenvalue weighted by Crippen LogP contribution is 2.47. The van der Waals surface area contributed by atoms with Gasteiger partial charge in [-0.05, 0) is 30.0 Å². The number of nitrogens with zero attached hydrogens (tertiary/aromatic N) is 1. The molecule has 3 heterocycles. The number of aromatic amines is 1. The van der Waals surface area contributed by atoms with Gasteiger partial charge in [0.1, 0.15) is 0 Å². The Morgan fingerprint density at radius 3 is 2.73 bits per heavy atom. The van der Waals surface area contributed by atoms with Crippen LogP contribution in [0.3, 0.4) is 0 Å². The molecule has 0 saturated heterocycles. The third-order valence-electron chi connectivity index (χ3n) is 5.67. The molecular weight excluding hydrogens is 322 g/mol. The second-order valence-corrected chi connectivity index (χ2v) is 7.78. The van der Waals surface area contributed by atoms with Crippen molar-refractivity contribution in [3.05, 3.63) is 65.4 Å². The van der Waals surface area contributed by atoms with Crippen LogP contribution in [-0.2, 0) is 16.8 Å². The molecular formula is C22H23N3O. The van der Waals surface area contributed by atoms with E-state index in [0.29, 0.717) is 5.92 Å². The van der Waals surface area contributed by atoms with Crippen LogP contribution in [0.4, 0.5) is 5.69 Å². The molecule has 0 radical (unpaired) electrons. The van der Waals surface area contributed by atoms with Gasteiger partial charge in [-0.2, -0.15) is 0 Å². The van der Waals surface area contributed by atoms with Crippen LogP contribution in [0.5, 0.6) is 0 Å². The number of aromatic nitrogens is 1. The first-order valence-corrected chi connectivity index (χ1v) is 9.39. The van der Waals surface area contributed by atoms with Gasteiger partial charge < -0.3 is 9.88 Å². The summed E-state index contributed by atoms with van der Waals surface area (Å²) in [5, 5.41) is 4.83. The number of fused-ring (bicyclic) bond motifs is 6. The lowest BCUT2D eigenvalue weighted by Crippen LogP contribution is -2.55. The number of anilines is 1. The van der Waals surface area contributed by atoms with Crippen molar-refractivity contribution >= 4 is 22.5 Å². The fourth-order valence-electron chi connectivity index (χ4n) is 4.66. The van der Waals surface area contributed by atoms with Crippen LogP contribution in [0.15, 0.2) is 48.5 Å². The third kappa shape index (κ3) is 1.91. The maximum absolute atomic E-state index is 13.8. The summed E-state index contributed by atoms with van der Waals surface area (Å²) in [6.45, 7) is 5.84. The zero-order valence-corrected chi connectivity index (χ0v) is 15.2. The lowest BCUT2D eigenvalue weighted by molar-refractivity contribution is -0.123. The van der Waals surface area contributed by atoms with E-state index in [2.05, 4.69) is 54.5 Å². The molecule has 0 saturated carbocycles. The van der Waals surface area contributed by atoms with Crippen LogP contribution in [0.1, 0.15) is 30.7 Å². The van der Waals surface area contributed by atoms with E-state index in [0.717, 1.165) is 42.0 Å². The Morgan fingerprint density at radius 1 is 1.12 bits per heavy atom. The van der Waals surface area contributed by atoms with Gasteiger partial charge in [0.15, 0.2) is 5.54 Å². The van der Waals surface area contributed by atoms with Crippen molar-refractivity contribution in [2.45, 2.75) is 25.8 Å². The van der Waals surface area contributed by atoms with Crippen LogP contribution in [0.2, 0.25) is 0 Å². The Bertz CT molecular complexity index is 1020. The molecule has 2 aliphatic rings. The molecule has 4 heteroatoms. The highest BCUT2D eigenvalue weighted by molar-refractivity contribution is 6.11. The van der Waals surface area contributed by atoms with Crippen molar-refractivity contribution in [3.8, 4) is 0 Å². The van der Waals surface area contributed by atoms with E-state index in [4.69, 9.17) is 0 Å². The Kier molecular flexibility index (Phi) is 3.28. The van der Waals surface area contributed by atoms with Crippen molar-refractivity contribution in [1.29, 1.82) is 0 Å². The number of benzene rings is 2. The Hall–Kier alpha value is -2.59. The quantitative estimate of drug-likeness (QED) is 0.746.